The standard InChI is InChI=1S/C48H29N3S/c1-2-15-34(16-3-1)51-42-23-9-8-19-38(42)45-43(51)29-49-48(50-45)40-22-11-21-39-44-37-18-7-5-13-33(37)28-41(47(44)52-46(39)40)32-26-24-31(25-27-32)36-20-10-14-30-12-4-6-17-35(30)36/h1-29H. The highest BCUT2D eigenvalue weighted by Crippen LogP contribution is 2.47. The van der Waals surface area contributed by atoms with E-state index in [-0.39, 0.29) is 0 Å². The van der Waals surface area contributed by atoms with E-state index in [0.29, 0.717) is 0 Å². The molecule has 4 heteroatoms. The van der Waals surface area contributed by atoms with Gasteiger partial charge in [0.15, 0.2) is 5.82 Å². The summed E-state index contributed by atoms with van der Waals surface area (Å²) < 4.78 is 4.74. The summed E-state index contributed by atoms with van der Waals surface area (Å²) in [6, 6.07) is 61.0. The predicted molar refractivity (Wildman–Crippen MR) is 221 cm³/mol. The topological polar surface area (TPSA) is 30.7 Å². The maximum Gasteiger partial charge on any atom is 0.161 e. The van der Waals surface area contributed by atoms with Crippen molar-refractivity contribution >= 4 is 75.0 Å². The Kier molecular flexibility index (Phi) is 6.42. The lowest BCUT2D eigenvalue weighted by atomic mass is 9.94. The van der Waals surface area contributed by atoms with Crippen LogP contribution in [0.1, 0.15) is 0 Å². The average molecular weight is 680 g/mol. The van der Waals surface area contributed by atoms with Gasteiger partial charge in [-0.25, -0.2) is 9.97 Å². The van der Waals surface area contributed by atoms with Crippen LogP contribution in [0.4, 0.5) is 0 Å². The maximum absolute atomic E-state index is 5.32. The third-order valence-electron chi connectivity index (χ3n) is 10.5. The highest BCUT2D eigenvalue weighted by molar-refractivity contribution is 7.27. The fourth-order valence-corrected chi connectivity index (χ4v) is 9.43. The first kappa shape index (κ1) is 29.1. The second kappa shape index (κ2) is 11.5. The van der Waals surface area contributed by atoms with Gasteiger partial charge in [-0.05, 0) is 68.6 Å². The summed E-state index contributed by atoms with van der Waals surface area (Å²) in [6.07, 6.45) is 2.00. The Morgan fingerprint density at radius 3 is 1.92 bits per heavy atom. The van der Waals surface area contributed by atoms with E-state index in [0.717, 1.165) is 39.0 Å². The third-order valence-corrected chi connectivity index (χ3v) is 11.7. The third kappa shape index (κ3) is 4.38. The molecule has 0 aliphatic carbocycles. The van der Waals surface area contributed by atoms with E-state index in [1.165, 1.54) is 64.0 Å². The lowest BCUT2D eigenvalue weighted by Gasteiger charge is -2.10. The minimum absolute atomic E-state index is 0.742. The number of benzene rings is 8. The van der Waals surface area contributed by atoms with E-state index >= 15 is 0 Å². The molecule has 0 aliphatic heterocycles. The molecule has 0 spiro atoms. The van der Waals surface area contributed by atoms with Crippen LogP contribution >= 0.6 is 11.3 Å². The van der Waals surface area contributed by atoms with Gasteiger partial charge in [-0.15, -0.1) is 11.3 Å². The summed E-state index contributed by atoms with van der Waals surface area (Å²) in [5.41, 5.74) is 10.2. The Labute approximate surface area is 303 Å². The molecule has 11 aromatic rings. The highest BCUT2D eigenvalue weighted by Gasteiger charge is 2.20. The SMILES string of the molecule is c1ccc(-n2c3ccccc3c3nc(-c4cccc5c4sc4c(-c6ccc(-c7cccc8ccccc78)cc6)cc6ccccc6c45)ncc32)cc1. The van der Waals surface area contributed by atoms with Crippen molar-refractivity contribution in [1.29, 1.82) is 0 Å². The first-order valence-corrected chi connectivity index (χ1v) is 18.4. The van der Waals surface area contributed by atoms with Gasteiger partial charge in [-0.3, -0.25) is 0 Å². The zero-order valence-corrected chi connectivity index (χ0v) is 28.8. The quantitative estimate of drug-likeness (QED) is 0.185. The maximum atomic E-state index is 5.32. The van der Waals surface area contributed by atoms with Crippen molar-refractivity contribution in [2.45, 2.75) is 0 Å². The Balaban J connectivity index is 1.11. The van der Waals surface area contributed by atoms with Crippen molar-refractivity contribution in [3.05, 3.63) is 176 Å². The number of thiophene rings is 1. The van der Waals surface area contributed by atoms with Gasteiger partial charge in [0, 0.05) is 42.4 Å². The minimum Gasteiger partial charge on any atom is -0.306 e. The number of rotatable bonds is 4. The van der Waals surface area contributed by atoms with Crippen LogP contribution in [-0.4, -0.2) is 14.5 Å². The smallest absolute Gasteiger partial charge is 0.161 e. The molecular formula is C48H29N3S. The van der Waals surface area contributed by atoms with Gasteiger partial charge in [0.05, 0.1) is 17.2 Å². The summed E-state index contributed by atoms with van der Waals surface area (Å²) in [5.74, 6) is 0.742. The number of aromatic nitrogens is 3. The van der Waals surface area contributed by atoms with E-state index in [4.69, 9.17) is 9.97 Å². The van der Waals surface area contributed by atoms with Gasteiger partial charge >= 0.3 is 0 Å². The average Bonchev–Trinajstić information content (AvgIpc) is 3.77. The van der Waals surface area contributed by atoms with Gasteiger partial charge in [-0.1, -0.05) is 140 Å². The van der Waals surface area contributed by atoms with Crippen molar-refractivity contribution in [2.75, 3.05) is 0 Å². The molecule has 0 radical (unpaired) electrons. The number of nitrogens with zero attached hydrogens (tertiary/aromatic N) is 3. The highest BCUT2D eigenvalue weighted by atomic mass is 32.1. The second-order valence-corrected chi connectivity index (χ2v) is 14.4. The van der Waals surface area contributed by atoms with Gasteiger partial charge in [0.1, 0.15) is 5.52 Å². The van der Waals surface area contributed by atoms with Gasteiger partial charge in [0.2, 0.25) is 0 Å². The molecule has 3 aromatic heterocycles. The van der Waals surface area contributed by atoms with Crippen LogP contribution in [0, 0.1) is 0 Å². The number of fused-ring (bicyclic) bond motifs is 9. The zero-order valence-electron chi connectivity index (χ0n) is 28.0. The molecule has 3 nitrogen and oxygen atoms in total. The Bertz CT molecular complexity index is 3170. The summed E-state index contributed by atoms with van der Waals surface area (Å²) in [6.45, 7) is 0. The van der Waals surface area contributed by atoms with Crippen molar-refractivity contribution in [3.63, 3.8) is 0 Å². The Morgan fingerprint density at radius 2 is 1.08 bits per heavy atom. The molecule has 0 atom stereocenters. The molecule has 0 N–H and O–H groups in total. The number of hydrogen-bond acceptors (Lipinski definition) is 3. The molecule has 3 heterocycles. The van der Waals surface area contributed by atoms with Crippen molar-refractivity contribution in [2.24, 2.45) is 0 Å². The Hall–Kier alpha value is -6.62. The van der Waals surface area contributed by atoms with Crippen LogP contribution in [0.25, 0.3) is 103 Å². The molecule has 0 unspecified atom stereocenters. The number of hydrogen-bond donors (Lipinski definition) is 0. The first-order valence-electron chi connectivity index (χ1n) is 17.6. The summed E-state index contributed by atoms with van der Waals surface area (Å²) in [5, 5.41) is 8.67. The van der Waals surface area contributed by atoms with Crippen LogP contribution in [0.15, 0.2) is 176 Å². The molecular weight excluding hydrogens is 651 g/mol. The van der Waals surface area contributed by atoms with E-state index in [2.05, 4.69) is 168 Å². The molecule has 8 aromatic carbocycles. The Morgan fingerprint density at radius 1 is 0.442 bits per heavy atom. The van der Waals surface area contributed by atoms with E-state index in [1.54, 1.807) is 0 Å². The molecule has 0 saturated carbocycles. The lowest BCUT2D eigenvalue weighted by Crippen LogP contribution is -1.95. The van der Waals surface area contributed by atoms with Crippen molar-refractivity contribution < 1.29 is 0 Å². The largest absolute Gasteiger partial charge is 0.306 e. The first-order chi connectivity index (χ1) is 25.8. The molecule has 52 heavy (non-hydrogen) atoms. The normalized spacial score (nSPS) is 11.8. The van der Waals surface area contributed by atoms with Crippen molar-refractivity contribution in [3.8, 4) is 39.3 Å². The molecule has 0 fully saturated rings. The molecule has 11 rings (SSSR count). The molecule has 242 valence electrons. The number of para-hydroxylation sites is 2. The summed E-state index contributed by atoms with van der Waals surface area (Å²) >= 11 is 1.85. The summed E-state index contributed by atoms with van der Waals surface area (Å²) in [4.78, 5) is 10.4. The van der Waals surface area contributed by atoms with Crippen LogP contribution in [0.3, 0.4) is 0 Å². The molecule has 0 saturated heterocycles. The summed E-state index contributed by atoms with van der Waals surface area (Å²) in [7, 11) is 0. The fourth-order valence-electron chi connectivity index (χ4n) is 8.07. The zero-order chi connectivity index (χ0) is 34.2. The van der Waals surface area contributed by atoms with E-state index < -0.39 is 0 Å². The van der Waals surface area contributed by atoms with Gasteiger partial charge in [-0.2, -0.15) is 0 Å². The minimum atomic E-state index is 0.742. The van der Waals surface area contributed by atoms with Crippen LogP contribution in [0.2, 0.25) is 0 Å². The van der Waals surface area contributed by atoms with Gasteiger partial charge < -0.3 is 4.57 Å². The van der Waals surface area contributed by atoms with Crippen LogP contribution in [-0.2, 0) is 0 Å². The van der Waals surface area contributed by atoms with Crippen LogP contribution < -0.4 is 0 Å². The molecule has 0 bridgehead atoms. The molecule has 0 aliphatic rings. The van der Waals surface area contributed by atoms with E-state index in [9.17, 15) is 0 Å². The van der Waals surface area contributed by atoms with E-state index in [1.807, 2.05) is 23.6 Å². The van der Waals surface area contributed by atoms with Gasteiger partial charge in [0.25, 0.3) is 0 Å². The fraction of sp³-hybridized carbons (Fsp3) is 0. The monoisotopic (exact) mass is 679 g/mol. The lowest BCUT2D eigenvalue weighted by molar-refractivity contribution is 1.15. The predicted octanol–water partition coefficient (Wildman–Crippen LogP) is 13.2. The second-order valence-electron chi connectivity index (χ2n) is 13.4. The van der Waals surface area contributed by atoms with Crippen LogP contribution in [0.5, 0.6) is 0 Å². The molecule has 0 amide bonds. The van der Waals surface area contributed by atoms with Crippen molar-refractivity contribution in [1.82, 2.24) is 14.5 Å².